The first kappa shape index (κ1) is 25.2. The van der Waals surface area contributed by atoms with E-state index in [1.165, 1.54) is 0 Å². The molecule has 0 saturated heterocycles. The van der Waals surface area contributed by atoms with Crippen molar-refractivity contribution in [2.45, 2.75) is 38.3 Å². The molecule has 198 valence electrons. The molecule has 1 heterocycles. The van der Waals surface area contributed by atoms with E-state index in [1.54, 1.807) is 30.3 Å². The van der Waals surface area contributed by atoms with E-state index in [9.17, 15) is 9.59 Å². The number of fused-ring (bicyclic) bond motifs is 3. The topological polar surface area (TPSA) is 87.2 Å². The molecule has 0 bridgehead atoms. The van der Waals surface area contributed by atoms with Crippen molar-refractivity contribution in [3.63, 3.8) is 0 Å². The predicted octanol–water partition coefficient (Wildman–Crippen LogP) is 5.23. The Labute approximate surface area is 228 Å². The lowest BCUT2D eigenvalue weighted by molar-refractivity contribution is 0.0979. The van der Waals surface area contributed by atoms with Crippen molar-refractivity contribution >= 4 is 34.2 Å². The first-order valence-corrected chi connectivity index (χ1v) is 13.7. The summed E-state index contributed by atoms with van der Waals surface area (Å²) in [6, 6.07) is 21.2. The zero-order valence-electron chi connectivity index (χ0n) is 22.4. The molecule has 0 amide bonds. The van der Waals surface area contributed by atoms with Gasteiger partial charge in [-0.3, -0.25) is 9.59 Å². The molecule has 6 rings (SSSR count). The highest BCUT2D eigenvalue weighted by Crippen LogP contribution is 2.30. The minimum Gasteiger partial charge on any atom is -0.362 e. The van der Waals surface area contributed by atoms with Gasteiger partial charge in [-0.2, -0.15) is 4.98 Å². The van der Waals surface area contributed by atoms with Gasteiger partial charge < -0.3 is 15.5 Å². The number of hydrogen-bond donors (Lipinski definition) is 2. The Kier molecular flexibility index (Phi) is 6.83. The molecule has 1 aromatic heterocycles. The number of nitrogens with zero attached hydrogens (tertiary/aromatic N) is 3. The molecule has 7 nitrogen and oxygen atoms in total. The smallest absolute Gasteiger partial charge is 0.225 e. The Morgan fingerprint density at radius 3 is 2.21 bits per heavy atom. The molecule has 0 atom stereocenters. The maximum absolute atomic E-state index is 13.0. The van der Waals surface area contributed by atoms with Crippen LogP contribution in [0.3, 0.4) is 0 Å². The first-order valence-electron chi connectivity index (χ1n) is 13.7. The highest BCUT2D eigenvalue weighted by Gasteiger charge is 2.29. The van der Waals surface area contributed by atoms with E-state index in [2.05, 4.69) is 16.7 Å². The van der Waals surface area contributed by atoms with E-state index in [-0.39, 0.29) is 11.6 Å². The van der Waals surface area contributed by atoms with Gasteiger partial charge >= 0.3 is 0 Å². The third kappa shape index (κ3) is 5.02. The van der Waals surface area contributed by atoms with Crippen LogP contribution in [0.4, 0.5) is 11.8 Å². The van der Waals surface area contributed by atoms with Gasteiger partial charge in [-0.1, -0.05) is 42.5 Å². The summed E-state index contributed by atoms with van der Waals surface area (Å²) in [6.07, 6.45) is 4.42. The number of anilines is 2. The molecule has 0 unspecified atom stereocenters. The molecular formula is C32H33N5O2. The maximum atomic E-state index is 13.0. The van der Waals surface area contributed by atoms with Gasteiger partial charge in [0.15, 0.2) is 11.6 Å². The zero-order valence-corrected chi connectivity index (χ0v) is 22.4. The van der Waals surface area contributed by atoms with Crippen molar-refractivity contribution in [1.82, 2.24) is 15.3 Å². The number of nitrogens with one attached hydrogen (secondary N) is 2. The van der Waals surface area contributed by atoms with Gasteiger partial charge in [0.05, 0.1) is 5.52 Å². The molecule has 0 spiro atoms. The van der Waals surface area contributed by atoms with Gasteiger partial charge in [0.25, 0.3) is 0 Å². The molecule has 1 saturated carbocycles. The summed E-state index contributed by atoms with van der Waals surface area (Å²) in [5.41, 5.74) is 3.98. The fourth-order valence-electron chi connectivity index (χ4n) is 5.84. The molecule has 0 radical (unpaired) electrons. The van der Waals surface area contributed by atoms with Gasteiger partial charge in [-0.25, -0.2) is 4.98 Å². The SMILES string of the molecule is CN(C)c1nc(N[C@H]2CC[C@@H](CNCc3ccc4c(c3)C(=O)c3ccccc3C4=O)CC2)nc2ccccc12. The second-order valence-corrected chi connectivity index (χ2v) is 10.9. The van der Waals surface area contributed by atoms with E-state index in [1.807, 2.05) is 49.3 Å². The number of carbonyl (C=O) groups is 2. The normalized spacial score (nSPS) is 18.5. The van der Waals surface area contributed by atoms with Crippen LogP contribution in [0.15, 0.2) is 66.7 Å². The molecular weight excluding hydrogens is 486 g/mol. The Morgan fingerprint density at radius 1 is 0.795 bits per heavy atom. The van der Waals surface area contributed by atoms with Gasteiger partial charge in [0.2, 0.25) is 5.95 Å². The van der Waals surface area contributed by atoms with Crippen LogP contribution in [-0.4, -0.2) is 48.2 Å². The fourth-order valence-corrected chi connectivity index (χ4v) is 5.84. The highest BCUT2D eigenvalue weighted by molar-refractivity contribution is 6.28. The second-order valence-electron chi connectivity index (χ2n) is 10.9. The number of para-hydroxylation sites is 1. The van der Waals surface area contributed by atoms with E-state index in [4.69, 9.17) is 9.97 Å². The number of aromatic nitrogens is 2. The molecule has 3 aromatic carbocycles. The van der Waals surface area contributed by atoms with Crippen molar-refractivity contribution in [3.05, 3.63) is 94.5 Å². The average molecular weight is 520 g/mol. The summed E-state index contributed by atoms with van der Waals surface area (Å²) in [7, 11) is 4.02. The molecule has 2 aliphatic rings. The lowest BCUT2D eigenvalue weighted by atomic mass is 9.83. The molecule has 1 fully saturated rings. The van der Waals surface area contributed by atoms with Gasteiger partial charge in [0, 0.05) is 54.3 Å². The van der Waals surface area contributed by atoms with Crippen LogP contribution >= 0.6 is 0 Å². The lowest BCUT2D eigenvalue weighted by Crippen LogP contribution is -2.31. The van der Waals surface area contributed by atoms with Crippen LogP contribution in [-0.2, 0) is 6.54 Å². The Balaban J connectivity index is 1.03. The molecule has 2 N–H and O–H groups in total. The van der Waals surface area contributed by atoms with Crippen molar-refractivity contribution in [1.29, 1.82) is 0 Å². The van der Waals surface area contributed by atoms with Crippen LogP contribution in [0.1, 0.15) is 63.1 Å². The van der Waals surface area contributed by atoms with Gasteiger partial charge in [-0.05, 0) is 68.0 Å². The Bertz CT molecular complexity index is 1560. The predicted molar refractivity (Wildman–Crippen MR) is 155 cm³/mol. The summed E-state index contributed by atoms with van der Waals surface area (Å²) >= 11 is 0. The largest absolute Gasteiger partial charge is 0.362 e. The van der Waals surface area contributed by atoms with Gasteiger partial charge in [0.1, 0.15) is 5.82 Å². The standard InChI is InChI=1S/C32H33N5O2/c1-37(2)31-26-9-5-6-10-28(26)35-32(36-31)34-22-14-11-20(12-15-22)18-33-19-21-13-16-25-27(17-21)30(39)24-8-4-3-7-23(24)29(25)38/h3-10,13,16-17,20,22,33H,11-12,14-15,18-19H2,1-2H3,(H,34,35,36)/t20-,22+. The summed E-state index contributed by atoms with van der Waals surface area (Å²) in [4.78, 5) is 37.5. The van der Waals surface area contributed by atoms with Crippen molar-refractivity contribution in [2.75, 3.05) is 30.9 Å². The molecule has 2 aliphatic carbocycles. The zero-order chi connectivity index (χ0) is 26.9. The number of ketones is 2. The van der Waals surface area contributed by atoms with E-state index in [0.29, 0.717) is 46.7 Å². The van der Waals surface area contributed by atoms with E-state index in [0.717, 1.165) is 54.5 Å². The number of carbonyl (C=O) groups excluding carboxylic acids is 2. The number of rotatable bonds is 7. The number of benzene rings is 3. The third-order valence-electron chi connectivity index (χ3n) is 7.94. The molecule has 39 heavy (non-hydrogen) atoms. The Hall–Kier alpha value is -4.10. The summed E-state index contributed by atoms with van der Waals surface area (Å²) in [6.45, 7) is 1.60. The van der Waals surface area contributed by atoms with Crippen LogP contribution in [0.5, 0.6) is 0 Å². The average Bonchev–Trinajstić information content (AvgIpc) is 2.96. The lowest BCUT2D eigenvalue weighted by Gasteiger charge is -2.29. The molecule has 0 aliphatic heterocycles. The minimum atomic E-state index is -0.0721. The Morgan fingerprint density at radius 2 is 1.46 bits per heavy atom. The summed E-state index contributed by atoms with van der Waals surface area (Å²) in [5.74, 6) is 2.09. The summed E-state index contributed by atoms with van der Waals surface area (Å²) in [5, 5.41) is 8.22. The maximum Gasteiger partial charge on any atom is 0.225 e. The summed E-state index contributed by atoms with van der Waals surface area (Å²) < 4.78 is 0. The first-order chi connectivity index (χ1) is 19.0. The van der Waals surface area contributed by atoms with Crippen LogP contribution < -0.4 is 15.5 Å². The second kappa shape index (κ2) is 10.6. The molecule has 4 aromatic rings. The highest BCUT2D eigenvalue weighted by atomic mass is 16.1. The van der Waals surface area contributed by atoms with E-state index >= 15 is 0 Å². The van der Waals surface area contributed by atoms with Crippen molar-refractivity contribution in [3.8, 4) is 0 Å². The monoisotopic (exact) mass is 519 g/mol. The van der Waals surface area contributed by atoms with Crippen molar-refractivity contribution < 1.29 is 9.59 Å². The van der Waals surface area contributed by atoms with E-state index < -0.39 is 0 Å². The van der Waals surface area contributed by atoms with Gasteiger partial charge in [-0.15, -0.1) is 0 Å². The fraction of sp³-hybridized carbons (Fsp3) is 0.312. The van der Waals surface area contributed by atoms with Crippen molar-refractivity contribution in [2.24, 2.45) is 5.92 Å². The van der Waals surface area contributed by atoms with Crippen LogP contribution in [0.25, 0.3) is 10.9 Å². The third-order valence-corrected chi connectivity index (χ3v) is 7.94. The minimum absolute atomic E-state index is 0.0685. The van der Waals surface area contributed by atoms with Crippen LogP contribution in [0.2, 0.25) is 0 Å². The van der Waals surface area contributed by atoms with Crippen LogP contribution in [0, 0.1) is 5.92 Å². The quantitative estimate of drug-likeness (QED) is 0.304. The molecule has 7 heteroatoms. The number of hydrogen-bond acceptors (Lipinski definition) is 7.